The Bertz CT molecular complexity index is 861. The van der Waals surface area contributed by atoms with Crippen molar-refractivity contribution in [3.8, 4) is 16.9 Å². The average Bonchev–Trinajstić information content (AvgIpc) is 3.06. The number of hydrogen-bond acceptors (Lipinski definition) is 5. The third kappa shape index (κ3) is 3.72. The first-order valence-corrected chi connectivity index (χ1v) is 9.35. The van der Waals surface area contributed by atoms with Crippen LogP contribution in [0, 0.1) is 0 Å². The molecule has 3 aromatic rings. The van der Waals surface area contributed by atoms with E-state index in [1.165, 1.54) is 23.3 Å². The maximum absolute atomic E-state index is 12.4. The molecule has 0 fully saturated rings. The summed E-state index contributed by atoms with van der Waals surface area (Å²) in [4.78, 5) is 13.0. The molecule has 3 rings (SSSR count). The molecule has 0 atom stereocenters. The van der Waals surface area contributed by atoms with Crippen LogP contribution >= 0.6 is 23.3 Å². The van der Waals surface area contributed by atoms with Gasteiger partial charge in [-0.1, -0.05) is 36.2 Å². The van der Waals surface area contributed by atoms with Gasteiger partial charge < -0.3 is 15.1 Å². The summed E-state index contributed by atoms with van der Waals surface area (Å²) in [5, 5.41) is 14.7. The van der Waals surface area contributed by atoms with Crippen LogP contribution in [-0.2, 0) is 0 Å². The van der Waals surface area contributed by atoms with E-state index in [1.54, 1.807) is 18.2 Å². The highest BCUT2D eigenvalue weighted by molar-refractivity contribution is 7.99. The summed E-state index contributed by atoms with van der Waals surface area (Å²) in [6.07, 6.45) is 1.94. The second kappa shape index (κ2) is 7.42. The van der Waals surface area contributed by atoms with Gasteiger partial charge in [0.15, 0.2) is 0 Å². The van der Waals surface area contributed by atoms with Gasteiger partial charge in [0.25, 0.3) is 5.91 Å². The normalized spacial score (nSPS) is 10.4. The predicted molar refractivity (Wildman–Crippen MR) is 103 cm³/mol. The van der Waals surface area contributed by atoms with E-state index in [-0.39, 0.29) is 11.7 Å². The van der Waals surface area contributed by atoms with Gasteiger partial charge in [0.05, 0.1) is 4.88 Å². The molecule has 6 heteroatoms. The van der Waals surface area contributed by atoms with Crippen LogP contribution in [0.4, 0.5) is 11.4 Å². The van der Waals surface area contributed by atoms with E-state index in [0.717, 1.165) is 22.5 Å². The highest BCUT2D eigenvalue weighted by atomic mass is 32.2. The monoisotopic (exact) mass is 356 g/mol. The first kappa shape index (κ1) is 16.4. The summed E-state index contributed by atoms with van der Waals surface area (Å²) in [5.74, 6) is 0.0427. The lowest BCUT2D eigenvalue weighted by atomic mass is 10.1. The van der Waals surface area contributed by atoms with Crippen molar-refractivity contribution in [2.45, 2.75) is 0 Å². The van der Waals surface area contributed by atoms with Crippen LogP contribution in [0.25, 0.3) is 11.1 Å². The van der Waals surface area contributed by atoms with Crippen LogP contribution in [0.5, 0.6) is 5.75 Å². The number of phenolic OH excluding ortho intramolecular Hbond substituents is 1. The summed E-state index contributed by atoms with van der Waals surface area (Å²) in [6.45, 7) is 0. The minimum Gasteiger partial charge on any atom is -0.507 e. The second-order valence-electron chi connectivity index (χ2n) is 5.06. The molecule has 122 valence electrons. The van der Waals surface area contributed by atoms with Gasteiger partial charge in [-0.05, 0) is 41.3 Å². The number of amides is 1. The summed E-state index contributed by atoms with van der Waals surface area (Å²) in [5.41, 5.74) is 3.22. The standard InChI is InChI=1S/C18H16N2O2S2/c1-23-20-14-6-4-5-13(10-14)19-18(22)17-9-12(11-24-17)15-7-2-3-8-16(15)21/h2-11,20-21H,1H3,(H,19,22). The van der Waals surface area contributed by atoms with Gasteiger partial charge in [0.1, 0.15) is 5.75 Å². The molecule has 0 unspecified atom stereocenters. The average molecular weight is 356 g/mol. The van der Waals surface area contributed by atoms with Gasteiger partial charge in [-0.3, -0.25) is 4.79 Å². The van der Waals surface area contributed by atoms with Crippen molar-refractivity contribution in [2.24, 2.45) is 0 Å². The molecule has 0 aliphatic rings. The van der Waals surface area contributed by atoms with Crippen molar-refractivity contribution >= 4 is 40.6 Å². The maximum Gasteiger partial charge on any atom is 0.265 e. The zero-order valence-electron chi connectivity index (χ0n) is 12.9. The summed E-state index contributed by atoms with van der Waals surface area (Å²) in [6, 6.07) is 16.4. The van der Waals surface area contributed by atoms with Crippen LogP contribution in [0.1, 0.15) is 9.67 Å². The molecule has 0 saturated carbocycles. The Morgan fingerprint density at radius 1 is 1.08 bits per heavy atom. The SMILES string of the molecule is CSNc1cccc(NC(=O)c2cc(-c3ccccc3O)cs2)c1. The molecule has 0 aliphatic carbocycles. The Labute approximate surface area is 148 Å². The highest BCUT2D eigenvalue weighted by Gasteiger charge is 2.12. The fourth-order valence-electron chi connectivity index (χ4n) is 2.29. The number of phenols is 1. The number of rotatable bonds is 5. The Balaban J connectivity index is 1.77. The third-order valence-corrected chi connectivity index (χ3v) is 4.75. The second-order valence-corrected chi connectivity index (χ2v) is 6.58. The van der Waals surface area contributed by atoms with Crippen LogP contribution < -0.4 is 10.0 Å². The Kier molecular flexibility index (Phi) is 5.08. The lowest BCUT2D eigenvalue weighted by molar-refractivity contribution is 0.103. The van der Waals surface area contributed by atoms with Crippen molar-refractivity contribution < 1.29 is 9.90 Å². The van der Waals surface area contributed by atoms with Crippen molar-refractivity contribution in [2.75, 3.05) is 16.3 Å². The summed E-state index contributed by atoms with van der Waals surface area (Å²) >= 11 is 2.85. The molecule has 4 nitrogen and oxygen atoms in total. The van der Waals surface area contributed by atoms with Gasteiger partial charge in [0, 0.05) is 23.2 Å². The van der Waals surface area contributed by atoms with Crippen molar-refractivity contribution in [1.82, 2.24) is 0 Å². The number of benzene rings is 2. The predicted octanol–water partition coefficient (Wildman–Crippen LogP) is 5.06. The van der Waals surface area contributed by atoms with E-state index in [2.05, 4.69) is 10.0 Å². The van der Waals surface area contributed by atoms with E-state index < -0.39 is 0 Å². The van der Waals surface area contributed by atoms with Gasteiger partial charge >= 0.3 is 0 Å². The fraction of sp³-hybridized carbons (Fsp3) is 0.0556. The summed E-state index contributed by atoms with van der Waals surface area (Å²) in [7, 11) is 0. The molecule has 1 aromatic heterocycles. The Hall–Kier alpha value is -2.44. The van der Waals surface area contributed by atoms with Gasteiger partial charge in [0.2, 0.25) is 0 Å². The number of hydrogen-bond donors (Lipinski definition) is 3. The van der Waals surface area contributed by atoms with Gasteiger partial charge in [-0.25, -0.2) is 0 Å². The first-order valence-electron chi connectivity index (χ1n) is 7.24. The molecule has 1 amide bonds. The zero-order chi connectivity index (χ0) is 16.9. The van der Waals surface area contributed by atoms with Gasteiger partial charge in [-0.2, -0.15) is 0 Å². The minimum absolute atomic E-state index is 0.164. The molecule has 0 spiro atoms. The van der Waals surface area contributed by atoms with Crippen LogP contribution in [0.15, 0.2) is 60.0 Å². The van der Waals surface area contributed by atoms with E-state index in [0.29, 0.717) is 4.88 Å². The molecule has 2 aromatic carbocycles. The maximum atomic E-state index is 12.4. The topological polar surface area (TPSA) is 61.4 Å². The van der Waals surface area contributed by atoms with Crippen LogP contribution in [0.2, 0.25) is 0 Å². The summed E-state index contributed by atoms with van der Waals surface area (Å²) < 4.78 is 3.13. The molecule has 24 heavy (non-hydrogen) atoms. The number of carbonyl (C=O) groups excluding carboxylic acids is 1. The van der Waals surface area contributed by atoms with E-state index >= 15 is 0 Å². The molecule has 3 N–H and O–H groups in total. The number of nitrogens with one attached hydrogen (secondary N) is 2. The van der Waals surface area contributed by atoms with E-state index in [9.17, 15) is 9.90 Å². The highest BCUT2D eigenvalue weighted by Crippen LogP contribution is 2.32. The van der Waals surface area contributed by atoms with Crippen molar-refractivity contribution in [3.05, 3.63) is 64.9 Å². The zero-order valence-corrected chi connectivity index (χ0v) is 14.6. The number of carbonyl (C=O) groups is 1. The van der Waals surface area contributed by atoms with Crippen molar-refractivity contribution in [1.29, 1.82) is 0 Å². The largest absolute Gasteiger partial charge is 0.507 e. The van der Waals surface area contributed by atoms with E-state index in [1.807, 2.05) is 48.0 Å². The quantitative estimate of drug-likeness (QED) is 0.559. The van der Waals surface area contributed by atoms with E-state index in [4.69, 9.17) is 0 Å². The molecule has 0 saturated heterocycles. The van der Waals surface area contributed by atoms with Gasteiger partial charge in [-0.15, -0.1) is 11.3 Å². The lowest BCUT2D eigenvalue weighted by Gasteiger charge is -2.07. The smallest absolute Gasteiger partial charge is 0.265 e. The Morgan fingerprint density at radius 2 is 1.88 bits per heavy atom. The van der Waals surface area contributed by atoms with Crippen molar-refractivity contribution in [3.63, 3.8) is 0 Å². The fourth-order valence-corrected chi connectivity index (χ4v) is 3.45. The number of para-hydroxylation sites is 1. The molecular weight excluding hydrogens is 340 g/mol. The van der Waals surface area contributed by atoms with Crippen LogP contribution in [-0.4, -0.2) is 17.3 Å². The Morgan fingerprint density at radius 3 is 2.67 bits per heavy atom. The molecule has 1 heterocycles. The molecule has 0 aliphatic heterocycles. The molecule has 0 radical (unpaired) electrons. The third-order valence-electron chi connectivity index (χ3n) is 3.38. The lowest BCUT2D eigenvalue weighted by Crippen LogP contribution is -2.10. The molecular formula is C18H16N2O2S2. The number of anilines is 2. The number of thiophene rings is 1. The minimum atomic E-state index is -0.164. The van der Waals surface area contributed by atoms with Crippen LogP contribution in [0.3, 0.4) is 0 Å². The number of aromatic hydroxyl groups is 1. The molecule has 0 bridgehead atoms. The first-order chi connectivity index (χ1) is 11.7.